The number of imidazole rings is 1. The molecule has 2 aromatic rings. The minimum atomic E-state index is -0.368. The quantitative estimate of drug-likeness (QED) is 0.830. The molecule has 86 valence electrons. The maximum absolute atomic E-state index is 6.31. The predicted molar refractivity (Wildman–Crippen MR) is 65.1 cm³/mol. The van der Waals surface area contributed by atoms with Crippen molar-refractivity contribution in [3.8, 4) is 0 Å². The molecular weight excluding hydrogens is 200 g/mol. The minimum absolute atomic E-state index is 0.368. The number of nitrogens with two attached hydrogens (primary N) is 1. The zero-order valence-electron chi connectivity index (χ0n) is 10.0. The van der Waals surface area contributed by atoms with Crippen LogP contribution in [0.5, 0.6) is 0 Å². The molecule has 0 aromatic carbocycles. The van der Waals surface area contributed by atoms with Gasteiger partial charge in [-0.25, -0.2) is 9.97 Å². The molecule has 0 saturated carbocycles. The summed E-state index contributed by atoms with van der Waals surface area (Å²) in [5, 5.41) is 0. The van der Waals surface area contributed by atoms with Crippen LogP contribution in [0.2, 0.25) is 0 Å². The van der Waals surface area contributed by atoms with Crippen LogP contribution in [-0.4, -0.2) is 15.0 Å². The molecule has 3 N–H and O–H groups in total. The van der Waals surface area contributed by atoms with Gasteiger partial charge in [-0.05, 0) is 31.4 Å². The lowest BCUT2D eigenvalue weighted by molar-refractivity contribution is 0.391. The monoisotopic (exact) mass is 218 g/mol. The van der Waals surface area contributed by atoms with E-state index in [1.165, 1.54) is 0 Å². The summed E-state index contributed by atoms with van der Waals surface area (Å²) in [5.74, 6) is 0.842. The molecule has 2 aromatic heterocycles. The fraction of sp³-hybridized carbons (Fsp3) is 0.500. The van der Waals surface area contributed by atoms with E-state index < -0.39 is 0 Å². The van der Waals surface area contributed by atoms with Crippen LogP contribution < -0.4 is 5.73 Å². The van der Waals surface area contributed by atoms with E-state index in [-0.39, 0.29) is 5.54 Å². The van der Waals surface area contributed by atoms with E-state index in [1.807, 2.05) is 13.0 Å². The molecule has 0 spiro atoms. The van der Waals surface area contributed by atoms with E-state index in [4.69, 9.17) is 5.73 Å². The number of nitrogens with one attached hydrogen (secondary N) is 1. The third-order valence-corrected chi connectivity index (χ3v) is 3.33. The Labute approximate surface area is 95.3 Å². The van der Waals surface area contributed by atoms with Gasteiger partial charge in [0.25, 0.3) is 0 Å². The van der Waals surface area contributed by atoms with Crippen molar-refractivity contribution in [3.63, 3.8) is 0 Å². The lowest BCUT2D eigenvalue weighted by Crippen LogP contribution is -2.36. The molecule has 2 rings (SSSR count). The topological polar surface area (TPSA) is 67.6 Å². The largest absolute Gasteiger partial charge is 0.339 e. The molecule has 0 saturated heterocycles. The number of aryl methyl sites for hydroxylation is 1. The molecule has 0 radical (unpaired) electrons. The Hall–Kier alpha value is -1.42. The van der Waals surface area contributed by atoms with E-state index in [2.05, 4.69) is 28.8 Å². The molecule has 0 aliphatic heterocycles. The van der Waals surface area contributed by atoms with Gasteiger partial charge in [0.1, 0.15) is 5.82 Å². The number of nitrogens with zero attached hydrogens (tertiary/aromatic N) is 2. The van der Waals surface area contributed by atoms with Crippen LogP contribution >= 0.6 is 0 Å². The van der Waals surface area contributed by atoms with Crippen LogP contribution in [0, 0.1) is 6.92 Å². The Kier molecular flexibility index (Phi) is 2.68. The van der Waals surface area contributed by atoms with Crippen molar-refractivity contribution in [3.05, 3.63) is 23.7 Å². The minimum Gasteiger partial charge on any atom is -0.339 e. The summed E-state index contributed by atoms with van der Waals surface area (Å²) < 4.78 is 0. The van der Waals surface area contributed by atoms with Crippen LogP contribution in [0.15, 0.2) is 12.3 Å². The zero-order chi connectivity index (χ0) is 11.8. The van der Waals surface area contributed by atoms with E-state index in [0.29, 0.717) is 0 Å². The smallest absolute Gasteiger partial charge is 0.178 e. The predicted octanol–water partition coefficient (Wildman–Crippen LogP) is 2.24. The number of aromatic nitrogens is 3. The number of pyridine rings is 1. The summed E-state index contributed by atoms with van der Waals surface area (Å²) in [6.45, 7) is 6.20. The lowest BCUT2D eigenvalue weighted by Gasteiger charge is -2.23. The van der Waals surface area contributed by atoms with Gasteiger partial charge in [0.2, 0.25) is 0 Å². The number of fused-ring (bicyclic) bond motifs is 1. The van der Waals surface area contributed by atoms with Crippen molar-refractivity contribution in [1.82, 2.24) is 15.0 Å². The average molecular weight is 218 g/mol. The van der Waals surface area contributed by atoms with Crippen LogP contribution in [0.4, 0.5) is 0 Å². The van der Waals surface area contributed by atoms with Gasteiger partial charge in [0.15, 0.2) is 5.65 Å². The molecule has 4 nitrogen and oxygen atoms in total. The highest BCUT2D eigenvalue weighted by Gasteiger charge is 2.27. The third-order valence-electron chi connectivity index (χ3n) is 3.33. The first-order valence-corrected chi connectivity index (χ1v) is 5.71. The van der Waals surface area contributed by atoms with E-state index in [1.54, 1.807) is 6.20 Å². The first-order valence-electron chi connectivity index (χ1n) is 5.71. The molecular formula is C12H18N4. The van der Waals surface area contributed by atoms with Gasteiger partial charge < -0.3 is 10.7 Å². The Morgan fingerprint density at radius 1 is 1.38 bits per heavy atom. The number of hydrogen-bond donors (Lipinski definition) is 2. The number of hydrogen-bond acceptors (Lipinski definition) is 3. The zero-order valence-corrected chi connectivity index (χ0v) is 10.0. The molecule has 0 fully saturated rings. The number of H-pyrrole nitrogens is 1. The maximum Gasteiger partial charge on any atom is 0.178 e. The first kappa shape index (κ1) is 11.1. The van der Waals surface area contributed by atoms with Crippen molar-refractivity contribution >= 4 is 11.2 Å². The van der Waals surface area contributed by atoms with Crippen LogP contribution in [0.25, 0.3) is 11.2 Å². The van der Waals surface area contributed by atoms with Crippen molar-refractivity contribution in [2.75, 3.05) is 0 Å². The molecule has 0 aliphatic carbocycles. The second kappa shape index (κ2) is 3.87. The van der Waals surface area contributed by atoms with Gasteiger partial charge in [-0.15, -0.1) is 0 Å². The molecule has 2 heterocycles. The Morgan fingerprint density at radius 3 is 2.62 bits per heavy atom. The standard InChI is InChI=1S/C12H18N4/c1-4-12(13,5-2)11-15-9-8(3)6-7-14-10(9)16-11/h6-7H,4-5,13H2,1-3H3,(H,14,15,16). The molecule has 16 heavy (non-hydrogen) atoms. The summed E-state index contributed by atoms with van der Waals surface area (Å²) in [5.41, 5.74) is 8.84. The molecule has 0 unspecified atom stereocenters. The fourth-order valence-electron chi connectivity index (χ4n) is 1.86. The first-order chi connectivity index (χ1) is 7.60. The summed E-state index contributed by atoms with van der Waals surface area (Å²) in [4.78, 5) is 12.1. The summed E-state index contributed by atoms with van der Waals surface area (Å²) in [6, 6.07) is 1.97. The molecule has 0 bridgehead atoms. The van der Waals surface area contributed by atoms with Gasteiger partial charge in [0.05, 0.1) is 11.1 Å². The maximum atomic E-state index is 6.31. The molecule has 0 aliphatic rings. The Balaban J connectivity index is 2.59. The van der Waals surface area contributed by atoms with Gasteiger partial charge in [-0.1, -0.05) is 13.8 Å². The highest BCUT2D eigenvalue weighted by molar-refractivity contribution is 5.74. The number of rotatable bonds is 3. The summed E-state index contributed by atoms with van der Waals surface area (Å²) in [6.07, 6.45) is 3.50. The van der Waals surface area contributed by atoms with Gasteiger partial charge in [0, 0.05) is 6.20 Å². The third kappa shape index (κ3) is 1.59. The Bertz CT molecular complexity index is 497. The second-order valence-corrected chi connectivity index (χ2v) is 4.28. The highest BCUT2D eigenvalue weighted by atomic mass is 15.0. The fourth-order valence-corrected chi connectivity index (χ4v) is 1.86. The molecule has 0 amide bonds. The SMILES string of the molecule is CCC(N)(CC)c1nc2nccc(C)c2[nH]1. The van der Waals surface area contributed by atoms with Crippen molar-refractivity contribution in [1.29, 1.82) is 0 Å². The van der Waals surface area contributed by atoms with E-state index >= 15 is 0 Å². The van der Waals surface area contributed by atoms with Gasteiger partial charge in [-0.2, -0.15) is 0 Å². The van der Waals surface area contributed by atoms with Crippen LogP contribution in [0.1, 0.15) is 38.1 Å². The van der Waals surface area contributed by atoms with E-state index in [0.717, 1.165) is 35.4 Å². The van der Waals surface area contributed by atoms with E-state index in [9.17, 15) is 0 Å². The second-order valence-electron chi connectivity index (χ2n) is 4.28. The van der Waals surface area contributed by atoms with Crippen LogP contribution in [0.3, 0.4) is 0 Å². The van der Waals surface area contributed by atoms with Crippen LogP contribution in [-0.2, 0) is 5.54 Å². The summed E-state index contributed by atoms with van der Waals surface area (Å²) in [7, 11) is 0. The van der Waals surface area contributed by atoms with Crippen molar-refractivity contribution in [2.45, 2.75) is 39.2 Å². The van der Waals surface area contributed by atoms with Gasteiger partial charge in [-0.3, -0.25) is 0 Å². The van der Waals surface area contributed by atoms with Gasteiger partial charge >= 0.3 is 0 Å². The van der Waals surface area contributed by atoms with Crippen molar-refractivity contribution in [2.24, 2.45) is 5.73 Å². The highest BCUT2D eigenvalue weighted by Crippen LogP contribution is 2.25. The normalized spacial score (nSPS) is 12.2. The summed E-state index contributed by atoms with van der Waals surface area (Å²) >= 11 is 0. The Morgan fingerprint density at radius 2 is 2.06 bits per heavy atom. The molecule has 0 atom stereocenters. The van der Waals surface area contributed by atoms with Crippen molar-refractivity contribution < 1.29 is 0 Å². The lowest BCUT2D eigenvalue weighted by atomic mass is 9.93. The molecule has 4 heteroatoms. The average Bonchev–Trinajstić information content (AvgIpc) is 2.74. The number of aromatic amines is 1.